The first kappa shape index (κ1) is 18.7. The fourth-order valence-corrected chi connectivity index (χ4v) is 2.67. The van der Waals surface area contributed by atoms with Crippen molar-refractivity contribution in [2.24, 2.45) is 0 Å². The first-order valence-corrected chi connectivity index (χ1v) is 8.64. The number of carbonyl (C=O) groups excluding carboxylic acids is 1. The Labute approximate surface area is 161 Å². The number of rotatable bonds is 7. The van der Waals surface area contributed by atoms with Crippen molar-refractivity contribution in [3.05, 3.63) is 58.7 Å². The maximum absolute atomic E-state index is 12.0. The number of hydrogen-bond donors (Lipinski definition) is 1. The summed E-state index contributed by atoms with van der Waals surface area (Å²) in [5.41, 5.74) is 2.01. The third-order valence-corrected chi connectivity index (χ3v) is 4.16. The van der Waals surface area contributed by atoms with Crippen molar-refractivity contribution in [3.8, 4) is 22.8 Å². The molecule has 3 rings (SSSR count). The quantitative estimate of drug-likeness (QED) is 0.619. The predicted molar refractivity (Wildman–Crippen MR) is 100 cm³/mol. The zero-order valence-electron chi connectivity index (χ0n) is 14.9. The fraction of sp³-hybridized carbons (Fsp3) is 0.211. The standard InChI is InChI=1S/C19H18ClN3O4/c1-3-26-19(24)18-17(21-23-22-18)12-8-9-15(16(10-12)25-2)27-11-13-6-4-5-7-14(13)20/h4-10H,3,11H2,1-2H3,(H,21,22,23). The Hall–Kier alpha value is -3.06. The molecule has 0 radical (unpaired) electrons. The largest absolute Gasteiger partial charge is 0.493 e. The van der Waals surface area contributed by atoms with Crippen LogP contribution in [0.3, 0.4) is 0 Å². The van der Waals surface area contributed by atoms with Gasteiger partial charge in [-0.25, -0.2) is 4.79 Å². The topological polar surface area (TPSA) is 86.3 Å². The molecule has 0 amide bonds. The van der Waals surface area contributed by atoms with Gasteiger partial charge in [0.05, 0.1) is 13.7 Å². The van der Waals surface area contributed by atoms with E-state index in [0.29, 0.717) is 34.4 Å². The molecular weight excluding hydrogens is 370 g/mol. The van der Waals surface area contributed by atoms with Gasteiger partial charge in [-0.2, -0.15) is 10.3 Å². The van der Waals surface area contributed by atoms with Crippen LogP contribution in [0, 0.1) is 0 Å². The molecule has 0 aliphatic heterocycles. The molecule has 27 heavy (non-hydrogen) atoms. The van der Waals surface area contributed by atoms with Gasteiger partial charge in [0.2, 0.25) is 0 Å². The van der Waals surface area contributed by atoms with Crippen LogP contribution in [0.5, 0.6) is 11.5 Å². The summed E-state index contributed by atoms with van der Waals surface area (Å²) in [6, 6.07) is 12.7. The van der Waals surface area contributed by atoms with Gasteiger partial charge in [-0.1, -0.05) is 29.8 Å². The van der Waals surface area contributed by atoms with Gasteiger partial charge in [0.15, 0.2) is 17.2 Å². The highest BCUT2D eigenvalue weighted by Gasteiger charge is 2.20. The molecule has 0 aliphatic carbocycles. The molecule has 0 unspecified atom stereocenters. The van der Waals surface area contributed by atoms with E-state index in [2.05, 4.69) is 15.4 Å². The van der Waals surface area contributed by atoms with Crippen molar-refractivity contribution in [1.29, 1.82) is 0 Å². The van der Waals surface area contributed by atoms with Gasteiger partial charge in [-0.05, 0) is 31.2 Å². The minimum atomic E-state index is -0.542. The molecule has 7 nitrogen and oxygen atoms in total. The van der Waals surface area contributed by atoms with Crippen LogP contribution >= 0.6 is 11.6 Å². The van der Waals surface area contributed by atoms with Gasteiger partial charge in [0, 0.05) is 16.1 Å². The van der Waals surface area contributed by atoms with E-state index in [1.165, 1.54) is 7.11 Å². The highest BCUT2D eigenvalue weighted by molar-refractivity contribution is 6.31. The number of nitrogens with zero attached hydrogens (tertiary/aromatic N) is 2. The lowest BCUT2D eigenvalue weighted by molar-refractivity contribution is 0.0520. The Morgan fingerprint density at radius 1 is 1.15 bits per heavy atom. The highest BCUT2D eigenvalue weighted by atomic mass is 35.5. The van der Waals surface area contributed by atoms with Crippen LogP contribution in [0.1, 0.15) is 23.0 Å². The number of ether oxygens (including phenoxy) is 3. The molecule has 1 heterocycles. The first-order valence-electron chi connectivity index (χ1n) is 8.26. The van der Waals surface area contributed by atoms with E-state index in [0.717, 1.165) is 5.56 Å². The van der Waals surface area contributed by atoms with Crippen LogP contribution in [0.15, 0.2) is 42.5 Å². The smallest absolute Gasteiger partial charge is 0.361 e. The van der Waals surface area contributed by atoms with Crippen molar-refractivity contribution < 1.29 is 19.0 Å². The van der Waals surface area contributed by atoms with E-state index in [1.807, 2.05) is 24.3 Å². The number of hydrogen-bond acceptors (Lipinski definition) is 6. The summed E-state index contributed by atoms with van der Waals surface area (Å²) >= 11 is 6.16. The number of aromatic amines is 1. The number of H-pyrrole nitrogens is 1. The SMILES string of the molecule is CCOC(=O)c1n[nH]nc1-c1ccc(OCc2ccccc2Cl)c(OC)c1. The molecule has 0 atom stereocenters. The monoisotopic (exact) mass is 387 g/mol. The molecule has 0 saturated carbocycles. The van der Waals surface area contributed by atoms with Crippen molar-refractivity contribution in [2.45, 2.75) is 13.5 Å². The van der Waals surface area contributed by atoms with Crippen LogP contribution < -0.4 is 9.47 Å². The van der Waals surface area contributed by atoms with Crippen LogP contribution in [0.25, 0.3) is 11.3 Å². The Balaban J connectivity index is 1.84. The van der Waals surface area contributed by atoms with Crippen LogP contribution in [0.4, 0.5) is 0 Å². The number of carbonyl (C=O) groups is 1. The second kappa shape index (κ2) is 8.55. The van der Waals surface area contributed by atoms with Gasteiger partial charge in [0.1, 0.15) is 12.3 Å². The van der Waals surface area contributed by atoms with Gasteiger partial charge in [0.25, 0.3) is 0 Å². The summed E-state index contributed by atoms with van der Waals surface area (Å²) < 4.78 is 16.3. The number of aromatic nitrogens is 3. The average Bonchev–Trinajstić information content (AvgIpc) is 3.17. The molecule has 1 N–H and O–H groups in total. The Morgan fingerprint density at radius 2 is 1.96 bits per heavy atom. The molecule has 0 spiro atoms. The van der Waals surface area contributed by atoms with E-state index in [-0.39, 0.29) is 12.3 Å². The molecular formula is C19H18ClN3O4. The van der Waals surface area contributed by atoms with Gasteiger partial charge in [-0.15, -0.1) is 5.10 Å². The molecule has 140 valence electrons. The fourth-order valence-electron chi connectivity index (χ4n) is 2.48. The van der Waals surface area contributed by atoms with E-state index in [1.54, 1.807) is 25.1 Å². The van der Waals surface area contributed by atoms with E-state index >= 15 is 0 Å². The lowest BCUT2D eigenvalue weighted by Gasteiger charge is -2.12. The molecule has 0 aliphatic rings. The molecule has 0 bridgehead atoms. The van der Waals surface area contributed by atoms with Crippen molar-refractivity contribution in [1.82, 2.24) is 15.4 Å². The number of nitrogens with one attached hydrogen (secondary N) is 1. The van der Waals surface area contributed by atoms with Crippen LogP contribution in [-0.4, -0.2) is 35.1 Å². The second-order valence-electron chi connectivity index (χ2n) is 5.49. The van der Waals surface area contributed by atoms with E-state index < -0.39 is 5.97 Å². The molecule has 1 aromatic heterocycles. The number of halogens is 1. The third-order valence-electron chi connectivity index (χ3n) is 3.79. The number of methoxy groups -OCH3 is 1. The van der Waals surface area contributed by atoms with Gasteiger partial charge in [-0.3, -0.25) is 0 Å². The van der Waals surface area contributed by atoms with Gasteiger partial charge >= 0.3 is 5.97 Å². The zero-order valence-corrected chi connectivity index (χ0v) is 15.6. The van der Waals surface area contributed by atoms with Crippen molar-refractivity contribution >= 4 is 17.6 Å². The minimum absolute atomic E-state index is 0.114. The highest BCUT2D eigenvalue weighted by Crippen LogP contribution is 2.33. The normalized spacial score (nSPS) is 10.5. The summed E-state index contributed by atoms with van der Waals surface area (Å²) in [6.07, 6.45) is 0. The lowest BCUT2D eigenvalue weighted by Crippen LogP contribution is -2.07. The maximum Gasteiger partial charge on any atom is 0.361 e. The van der Waals surface area contributed by atoms with E-state index in [4.69, 9.17) is 25.8 Å². The van der Waals surface area contributed by atoms with Crippen molar-refractivity contribution in [2.75, 3.05) is 13.7 Å². The number of benzene rings is 2. The molecule has 0 fully saturated rings. The first-order chi connectivity index (χ1) is 13.1. The van der Waals surface area contributed by atoms with Gasteiger partial charge < -0.3 is 14.2 Å². The molecule has 3 aromatic rings. The summed E-state index contributed by atoms with van der Waals surface area (Å²) in [5, 5.41) is 11.0. The van der Waals surface area contributed by atoms with Crippen LogP contribution in [-0.2, 0) is 11.3 Å². The predicted octanol–water partition coefficient (Wildman–Crippen LogP) is 3.89. The van der Waals surface area contributed by atoms with Crippen molar-refractivity contribution in [3.63, 3.8) is 0 Å². The Kier molecular flexibility index (Phi) is 5.93. The third kappa shape index (κ3) is 4.20. The summed E-state index contributed by atoms with van der Waals surface area (Å²) in [6.45, 7) is 2.28. The summed E-state index contributed by atoms with van der Waals surface area (Å²) in [5.74, 6) is 0.499. The zero-order chi connectivity index (χ0) is 19.2. The minimum Gasteiger partial charge on any atom is -0.493 e. The molecule has 2 aromatic carbocycles. The maximum atomic E-state index is 12.0. The van der Waals surface area contributed by atoms with E-state index in [9.17, 15) is 4.79 Å². The average molecular weight is 388 g/mol. The second-order valence-corrected chi connectivity index (χ2v) is 5.89. The number of esters is 1. The summed E-state index contributed by atoms with van der Waals surface area (Å²) in [4.78, 5) is 12.0. The van der Waals surface area contributed by atoms with Crippen LogP contribution in [0.2, 0.25) is 5.02 Å². The Bertz CT molecular complexity index is 942. The molecule has 8 heteroatoms. The lowest BCUT2D eigenvalue weighted by atomic mass is 10.1. The Morgan fingerprint density at radius 3 is 2.70 bits per heavy atom. The summed E-state index contributed by atoms with van der Waals surface area (Å²) in [7, 11) is 1.54. The molecule has 0 saturated heterocycles.